The summed E-state index contributed by atoms with van der Waals surface area (Å²) in [5, 5.41) is 8.93. The predicted octanol–water partition coefficient (Wildman–Crippen LogP) is 2.38. The molecule has 0 aliphatic carbocycles. The molecule has 2 rings (SSSR count). The first-order valence-electron chi connectivity index (χ1n) is 5.95. The fraction of sp³-hybridized carbons (Fsp3) is 0.200. The van der Waals surface area contributed by atoms with Crippen LogP contribution in [0.25, 0.3) is 0 Å². The van der Waals surface area contributed by atoms with Crippen LogP contribution in [0.3, 0.4) is 0 Å². The zero-order valence-electron chi connectivity index (χ0n) is 10.2. The van der Waals surface area contributed by atoms with Gasteiger partial charge in [-0.2, -0.15) is 0 Å². The summed E-state index contributed by atoms with van der Waals surface area (Å²) in [6, 6.07) is 15.2. The Hall–Kier alpha value is -2.00. The van der Waals surface area contributed by atoms with Crippen molar-refractivity contribution < 1.29 is 9.84 Å². The van der Waals surface area contributed by atoms with E-state index in [0.717, 1.165) is 29.0 Å². The van der Waals surface area contributed by atoms with Crippen molar-refractivity contribution in [1.29, 1.82) is 0 Å². The maximum absolute atomic E-state index is 8.93. The highest BCUT2D eigenvalue weighted by Gasteiger charge is 1.99. The lowest BCUT2D eigenvalue weighted by Gasteiger charge is -2.08. The molecule has 0 radical (unpaired) electrons. The van der Waals surface area contributed by atoms with Crippen LogP contribution >= 0.6 is 0 Å². The summed E-state index contributed by atoms with van der Waals surface area (Å²) in [7, 11) is 0. The topological polar surface area (TPSA) is 55.5 Å². The Kier molecular flexibility index (Phi) is 4.20. The lowest BCUT2D eigenvalue weighted by atomic mass is 10.1. The van der Waals surface area contributed by atoms with Gasteiger partial charge < -0.3 is 15.6 Å². The summed E-state index contributed by atoms with van der Waals surface area (Å²) in [5.74, 6) is 0.807. The van der Waals surface area contributed by atoms with E-state index in [0.29, 0.717) is 6.61 Å². The molecule has 0 aliphatic rings. The molecule has 2 aromatic carbocycles. The van der Waals surface area contributed by atoms with E-state index in [9.17, 15) is 0 Å². The van der Waals surface area contributed by atoms with Crippen LogP contribution in [-0.4, -0.2) is 11.7 Å². The van der Waals surface area contributed by atoms with Crippen molar-refractivity contribution in [3.8, 4) is 5.75 Å². The van der Waals surface area contributed by atoms with Crippen LogP contribution in [0.5, 0.6) is 5.75 Å². The number of hydrogen-bond acceptors (Lipinski definition) is 3. The smallest absolute Gasteiger partial charge is 0.119 e. The quantitative estimate of drug-likeness (QED) is 0.793. The number of rotatable bonds is 5. The highest BCUT2D eigenvalue weighted by atomic mass is 16.5. The molecule has 0 saturated carbocycles. The summed E-state index contributed by atoms with van der Waals surface area (Å²) >= 11 is 0. The number of aliphatic hydroxyl groups is 1. The van der Waals surface area contributed by atoms with Crippen LogP contribution in [0.1, 0.15) is 11.1 Å². The van der Waals surface area contributed by atoms with Gasteiger partial charge in [-0.3, -0.25) is 0 Å². The Morgan fingerprint density at radius 3 is 2.39 bits per heavy atom. The van der Waals surface area contributed by atoms with Gasteiger partial charge >= 0.3 is 0 Å². The normalized spacial score (nSPS) is 10.3. The third kappa shape index (κ3) is 3.25. The van der Waals surface area contributed by atoms with Crippen LogP contribution in [0.15, 0.2) is 48.5 Å². The molecule has 3 N–H and O–H groups in total. The highest BCUT2D eigenvalue weighted by molar-refractivity contribution is 5.46. The minimum absolute atomic E-state index is 0.0564. The minimum Gasteiger partial charge on any atom is -0.493 e. The minimum atomic E-state index is 0.0564. The van der Waals surface area contributed by atoms with Crippen molar-refractivity contribution in [2.45, 2.75) is 13.0 Å². The summed E-state index contributed by atoms with van der Waals surface area (Å²) in [6.07, 6.45) is 0.786. The number of nitrogens with two attached hydrogens (primary N) is 1. The number of nitrogen functional groups attached to an aromatic ring is 1. The third-order valence-corrected chi connectivity index (χ3v) is 2.80. The van der Waals surface area contributed by atoms with Crippen molar-refractivity contribution in [2.75, 3.05) is 12.3 Å². The number of para-hydroxylation sites is 1. The van der Waals surface area contributed by atoms with E-state index in [1.807, 2.05) is 48.5 Å². The first-order chi connectivity index (χ1) is 8.79. The van der Waals surface area contributed by atoms with Crippen molar-refractivity contribution in [3.63, 3.8) is 0 Å². The summed E-state index contributed by atoms with van der Waals surface area (Å²) in [6.45, 7) is 0.646. The van der Waals surface area contributed by atoms with Gasteiger partial charge in [0.25, 0.3) is 0 Å². The Labute approximate surface area is 107 Å². The Bertz CT molecular complexity index is 494. The van der Waals surface area contributed by atoms with E-state index in [1.165, 1.54) is 0 Å². The molecule has 0 aromatic heterocycles. The fourth-order valence-corrected chi connectivity index (χ4v) is 1.73. The molecule has 0 aliphatic heterocycles. The van der Waals surface area contributed by atoms with Crippen LogP contribution < -0.4 is 10.5 Å². The van der Waals surface area contributed by atoms with Crippen molar-refractivity contribution >= 4 is 5.69 Å². The average Bonchev–Trinajstić information content (AvgIpc) is 2.42. The van der Waals surface area contributed by atoms with Crippen LogP contribution in [-0.2, 0) is 13.0 Å². The standard InChI is InChI=1S/C15H17NO2/c16-15-4-2-1-3-13(15)9-10-18-14-7-5-12(11-17)6-8-14/h1-8,17H,9-11,16H2. The van der Waals surface area contributed by atoms with Gasteiger partial charge in [-0.15, -0.1) is 0 Å². The lowest BCUT2D eigenvalue weighted by Crippen LogP contribution is -2.03. The molecule has 3 heteroatoms. The second kappa shape index (κ2) is 6.07. The zero-order chi connectivity index (χ0) is 12.8. The number of benzene rings is 2. The molecule has 0 bridgehead atoms. The largest absolute Gasteiger partial charge is 0.493 e. The van der Waals surface area contributed by atoms with Crippen molar-refractivity contribution in [2.24, 2.45) is 0 Å². The Balaban J connectivity index is 1.86. The lowest BCUT2D eigenvalue weighted by molar-refractivity contribution is 0.281. The number of anilines is 1. The Morgan fingerprint density at radius 2 is 1.72 bits per heavy atom. The average molecular weight is 243 g/mol. The van der Waals surface area contributed by atoms with E-state index >= 15 is 0 Å². The highest BCUT2D eigenvalue weighted by Crippen LogP contribution is 2.14. The monoisotopic (exact) mass is 243 g/mol. The predicted molar refractivity (Wildman–Crippen MR) is 72.4 cm³/mol. The van der Waals surface area contributed by atoms with Gasteiger partial charge in [-0.1, -0.05) is 30.3 Å². The summed E-state index contributed by atoms with van der Waals surface area (Å²) in [4.78, 5) is 0. The van der Waals surface area contributed by atoms with E-state index in [-0.39, 0.29) is 6.61 Å². The molecule has 0 spiro atoms. The molecule has 2 aromatic rings. The first kappa shape index (κ1) is 12.5. The van der Waals surface area contributed by atoms with Crippen molar-refractivity contribution in [1.82, 2.24) is 0 Å². The van der Waals surface area contributed by atoms with E-state index in [2.05, 4.69) is 0 Å². The molecule has 3 nitrogen and oxygen atoms in total. The second-order valence-electron chi connectivity index (χ2n) is 4.10. The maximum atomic E-state index is 8.93. The van der Waals surface area contributed by atoms with Gasteiger partial charge in [0.1, 0.15) is 5.75 Å². The van der Waals surface area contributed by atoms with Gasteiger partial charge in [-0.25, -0.2) is 0 Å². The van der Waals surface area contributed by atoms with Gasteiger partial charge in [0.05, 0.1) is 13.2 Å². The number of ether oxygens (including phenoxy) is 1. The second-order valence-corrected chi connectivity index (χ2v) is 4.10. The zero-order valence-corrected chi connectivity index (χ0v) is 10.2. The van der Waals surface area contributed by atoms with E-state index in [4.69, 9.17) is 15.6 Å². The molecule has 0 saturated heterocycles. The van der Waals surface area contributed by atoms with Crippen molar-refractivity contribution in [3.05, 3.63) is 59.7 Å². The van der Waals surface area contributed by atoms with Crippen LogP contribution in [0, 0.1) is 0 Å². The van der Waals surface area contributed by atoms with Gasteiger partial charge in [0.15, 0.2) is 0 Å². The summed E-state index contributed by atoms with van der Waals surface area (Å²) in [5.41, 5.74) is 8.64. The molecule has 18 heavy (non-hydrogen) atoms. The van der Waals surface area contributed by atoms with Crippen LogP contribution in [0.4, 0.5) is 5.69 Å². The van der Waals surface area contributed by atoms with Gasteiger partial charge in [-0.05, 0) is 29.3 Å². The third-order valence-electron chi connectivity index (χ3n) is 2.80. The molecule has 94 valence electrons. The molecular weight excluding hydrogens is 226 g/mol. The van der Waals surface area contributed by atoms with E-state index in [1.54, 1.807) is 0 Å². The summed E-state index contributed by atoms with van der Waals surface area (Å²) < 4.78 is 5.63. The molecule has 0 unspecified atom stereocenters. The van der Waals surface area contributed by atoms with Gasteiger partial charge in [0, 0.05) is 12.1 Å². The molecule has 0 heterocycles. The number of aliphatic hydroxyl groups excluding tert-OH is 1. The van der Waals surface area contributed by atoms with Crippen LogP contribution in [0.2, 0.25) is 0 Å². The number of hydrogen-bond donors (Lipinski definition) is 2. The van der Waals surface area contributed by atoms with Gasteiger partial charge in [0.2, 0.25) is 0 Å². The maximum Gasteiger partial charge on any atom is 0.119 e. The molecule has 0 atom stereocenters. The fourth-order valence-electron chi connectivity index (χ4n) is 1.73. The molecule has 0 fully saturated rings. The molecule has 0 amide bonds. The SMILES string of the molecule is Nc1ccccc1CCOc1ccc(CO)cc1. The van der Waals surface area contributed by atoms with E-state index < -0.39 is 0 Å². The Morgan fingerprint density at radius 1 is 1.00 bits per heavy atom. The molecular formula is C15H17NO2. The first-order valence-corrected chi connectivity index (χ1v) is 5.95.